The van der Waals surface area contributed by atoms with E-state index in [-0.39, 0.29) is 0 Å². The molecule has 0 bridgehead atoms. The molecule has 0 aliphatic carbocycles. The van der Waals surface area contributed by atoms with Crippen molar-refractivity contribution in [3.8, 4) is 0 Å². The highest BCUT2D eigenvalue weighted by atomic mass is 14.4. The minimum absolute atomic E-state index is 0.465. The van der Waals surface area contributed by atoms with Gasteiger partial charge < -0.3 is 0 Å². The van der Waals surface area contributed by atoms with Gasteiger partial charge in [0.1, 0.15) is 0 Å². The molecule has 0 aromatic heterocycles. The van der Waals surface area contributed by atoms with Crippen LogP contribution in [-0.2, 0) is 0 Å². The molecule has 1 unspecified atom stereocenters. The normalized spacial score (nSPS) is 15.8. The van der Waals surface area contributed by atoms with Crippen LogP contribution in [0.1, 0.15) is 74.7 Å². The minimum Gasteiger partial charge on any atom is -0.0654 e. The van der Waals surface area contributed by atoms with Crippen LogP contribution in [0.4, 0.5) is 0 Å². The van der Waals surface area contributed by atoms with Gasteiger partial charge in [-0.05, 0) is 35.5 Å². The summed E-state index contributed by atoms with van der Waals surface area (Å²) in [4.78, 5) is 0. The first-order valence-corrected chi connectivity index (χ1v) is 6.62. The molecular weight excluding hydrogens is 180 g/mol. The van der Waals surface area contributed by atoms with Gasteiger partial charge in [0.05, 0.1) is 0 Å². The highest BCUT2D eigenvalue weighted by molar-refractivity contribution is 4.83. The average molecular weight is 212 g/mol. The minimum atomic E-state index is 0.465. The van der Waals surface area contributed by atoms with Gasteiger partial charge in [-0.3, -0.25) is 0 Å². The van der Waals surface area contributed by atoms with Crippen LogP contribution in [0, 0.1) is 22.7 Å². The third-order valence-electron chi connectivity index (χ3n) is 4.09. The summed E-state index contributed by atoms with van der Waals surface area (Å²) in [6.45, 7) is 19.1. The largest absolute Gasteiger partial charge is 0.0654 e. The molecule has 0 heterocycles. The summed E-state index contributed by atoms with van der Waals surface area (Å²) < 4.78 is 0. The van der Waals surface area contributed by atoms with Crippen molar-refractivity contribution in [2.24, 2.45) is 22.7 Å². The molecule has 0 N–H and O–H groups in total. The second-order valence-electron chi connectivity index (χ2n) is 7.11. The number of hydrogen-bond donors (Lipinski definition) is 0. The van der Waals surface area contributed by atoms with E-state index in [1.54, 1.807) is 0 Å². The molecule has 0 aliphatic heterocycles. The molecule has 92 valence electrons. The Bertz CT molecular complexity index is 174. The predicted molar refractivity (Wildman–Crippen MR) is 71.1 cm³/mol. The van der Waals surface area contributed by atoms with E-state index in [0.717, 1.165) is 11.8 Å². The molecule has 0 nitrogen and oxygen atoms in total. The monoisotopic (exact) mass is 212 g/mol. The third kappa shape index (κ3) is 5.04. The van der Waals surface area contributed by atoms with E-state index in [1.165, 1.54) is 19.3 Å². The van der Waals surface area contributed by atoms with Crippen LogP contribution in [0.25, 0.3) is 0 Å². The van der Waals surface area contributed by atoms with Crippen LogP contribution in [0.3, 0.4) is 0 Å². The first-order chi connectivity index (χ1) is 6.62. The lowest BCUT2D eigenvalue weighted by Crippen LogP contribution is -2.31. The topological polar surface area (TPSA) is 0 Å². The highest BCUT2D eigenvalue weighted by Crippen LogP contribution is 2.43. The zero-order valence-electron chi connectivity index (χ0n) is 12.3. The summed E-state index contributed by atoms with van der Waals surface area (Å²) in [7, 11) is 0. The van der Waals surface area contributed by atoms with Gasteiger partial charge in [0.25, 0.3) is 0 Å². The van der Waals surface area contributed by atoms with Crippen LogP contribution < -0.4 is 0 Å². The lowest BCUT2D eigenvalue weighted by Gasteiger charge is -2.41. The zero-order valence-corrected chi connectivity index (χ0v) is 12.3. The number of hydrogen-bond acceptors (Lipinski definition) is 0. The van der Waals surface area contributed by atoms with Crippen molar-refractivity contribution >= 4 is 0 Å². The maximum absolute atomic E-state index is 2.44. The van der Waals surface area contributed by atoms with Crippen molar-refractivity contribution in [1.29, 1.82) is 0 Å². The maximum atomic E-state index is 2.44. The van der Waals surface area contributed by atoms with Crippen LogP contribution in [0.2, 0.25) is 0 Å². The first-order valence-electron chi connectivity index (χ1n) is 6.62. The van der Waals surface area contributed by atoms with Gasteiger partial charge in [-0.2, -0.15) is 0 Å². The second kappa shape index (κ2) is 5.37. The molecule has 0 saturated heterocycles. The van der Waals surface area contributed by atoms with Crippen LogP contribution in [-0.4, -0.2) is 0 Å². The Morgan fingerprint density at radius 3 is 1.73 bits per heavy atom. The smallest absolute Gasteiger partial charge is 0.0321 e. The second-order valence-corrected chi connectivity index (χ2v) is 7.11. The molecule has 1 atom stereocenters. The van der Waals surface area contributed by atoms with Crippen molar-refractivity contribution in [1.82, 2.24) is 0 Å². The summed E-state index contributed by atoms with van der Waals surface area (Å²) in [5.41, 5.74) is 0.967. The van der Waals surface area contributed by atoms with Gasteiger partial charge in [-0.1, -0.05) is 61.8 Å². The van der Waals surface area contributed by atoms with Gasteiger partial charge in [-0.25, -0.2) is 0 Å². The quantitative estimate of drug-likeness (QED) is 0.543. The molecule has 0 spiro atoms. The number of rotatable bonds is 6. The van der Waals surface area contributed by atoms with Crippen molar-refractivity contribution in [3.63, 3.8) is 0 Å². The van der Waals surface area contributed by atoms with Gasteiger partial charge in [0.15, 0.2) is 0 Å². The Labute approximate surface area is 97.8 Å². The van der Waals surface area contributed by atoms with Gasteiger partial charge >= 0.3 is 0 Å². The van der Waals surface area contributed by atoms with E-state index in [9.17, 15) is 0 Å². The summed E-state index contributed by atoms with van der Waals surface area (Å²) in [5, 5.41) is 0. The van der Waals surface area contributed by atoms with E-state index in [2.05, 4.69) is 55.4 Å². The van der Waals surface area contributed by atoms with Crippen molar-refractivity contribution in [2.75, 3.05) is 0 Å². The molecule has 0 heteroatoms. The predicted octanol–water partition coefficient (Wildman–Crippen LogP) is 5.52. The summed E-state index contributed by atoms with van der Waals surface area (Å²) in [5.74, 6) is 1.59. The van der Waals surface area contributed by atoms with Gasteiger partial charge in [0, 0.05) is 0 Å². The molecule has 0 aromatic carbocycles. The fourth-order valence-electron chi connectivity index (χ4n) is 3.06. The maximum Gasteiger partial charge on any atom is -0.0321 e. The lowest BCUT2D eigenvalue weighted by molar-refractivity contribution is 0.0952. The van der Waals surface area contributed by atoms with Crippen molar-refractivity contribution in [2.45, 2.75) is 74.7 Å². The Morgan fingerprint density at radius 1 is 0.933 bits per heavy atom. The Balaban J connectivity index is 4.48. The van der Waals surface area contributed by atoms with E-state index >= 15 is 0 Å². The van der Waals surface area contributed by atoms with Gasteiger partial charge in [0.2, 0.25) is 0 Å². The van der Waals surface area contributed by atoms with Crippen molar-refractivity contribution in [3.05, 3.63) is 0 Å². The molecule has 0 saturated carbocycles. The molecule has 0 radical (unpaired) electrons. The molecular formula is C15H32. The van der Waals surface area contributed by atoms with Gasteiger partial charge in [-0.15, -0.1) is 0 Å². The Morgan fingerprint density at radius 2 is 1.40 bits per heavy atom. The molecule has 0 aliphatic rings. The summed E-state index contributed by atoms with van der Waals surface area (Å²) >= 11 is 0. The van der Waals surface area contributed by atoms with Crippen LogP contribution in [0.5, 0.6) is 0 Å². The third-order valence-corrected chi connectivity index (χ3v) is 4.09. The van der Waals surface area contributed by atoms with Crippen LogP contribution >= 0.6 is 0 Å². The molecule has 0 fully saturated rings. The Hall–Kier alpha value is 0. The molecule has 15 heavy (non-hydrogen) atoms. The van der Waals surface area contributed by atoms with Crippen molar-refractivity contribution < 1.29 is 0 Å². The SMILES string of the molecule is CCCC(C)(C)CC(C)(C)C(C)C(C)C. The molecule has 0 amide bonds. The van der Waals surface area contributed by atoms with E-state index in [4.69, 9.17) is 0 Å². The summed E-state index contributed by atoms with van der Waals surface area (Å²) in [6, 6.07) is 0. The standard InChI is InChI=1S/C15H32/c1-9-10-14(5,6)11-15(7,8)13(4)12(2)3/h12-13H,9-11H2,1-8H3. The Kier molecular flexibility index (Phi) is 5.37. The average Bonchev–Trinajstić information content (AvgIpc) is 2.00. The fraction of sp³-hybridized carbons (Fsp3) is 1.00. The molecule has 0 rings (SSSR count). The lowest BCUT2D eigenvalue weighted by atomic mass is 9.65. The van der Waals surface area contributed by atoms with E-state index in [0.29, 0.717) is 10.8 Å². The molecule has 0 aromatic rings. The zero-order chi connectivity index (χ0) is 12.3. The van der Waals surface area contributed by atoms with Crippen LogP contribution in [0.15, 0.2) is 0 Å². The summed E-state index contributed by atoms with van der Waals surface area (Å²) in [6.07, 6.45) is 3.99. The first kappa shape index (κ1) is 15.0. The van der Waals surface area contributed by atoms with E-state index in [1.807, 2.05) is 0 Å². The van der Waals surface area contributed by atoms with E-state index < -0.39 is 0 Å². The highest BCUT2D eigenvalue weighted by Gasteiger charge is 2.33. The fourth-order valence-corrected chi connectivity index (χ4v) is 3.06.